The highest BCUT2D eigenvalue weighted by atomic mass is 32.1. The molecule has 3 aromatic rings. The van der Waals surface area contributed by atoms with Crippen molar-refractivity contribution in [2.45, 2.75) is 13.5 Å². The zero-order chi connectivity index (χ0) is 19.5. The van der Waals surface area contributed by atoms with Gasteiger partial charge in [-0.2, -0.15) is 0 Å². The van der Waals surface area contributed by atoms with Crippen LogP contribution in [0.15, 0.2) is 60.7 Å². The zero-order valence-electron chi connectivity index (χ0n) is 15.4. The Labute approximate surface area is 167 Å². The van der Waals surface area contributed by atoms with Crippen LogP contribution in [0.3, 0.4) is 0 Å². The highest BCUT2D eigenvalue weighted by molar-refractivity contribution is 7.17. The van der Waals surface area contributed by atoms with Gasteiger partial charge in [-0.25, -0.2) is 4.79 Å². The number of carbonyl (C=O) groups is 2. The number of ether oxygens (including phenoxy) is 2. The molecule has 4 rings (SSSR count). The third-order valence-corrected chi connectivity index (χ3v) is 5.73. The fraction of sp³-hybridized carbons (Fsp3) is 0.182. The number of likely N-dealkylation sites (N-methyl/N-ethyl adjacent to an activating group) is 1. The quantitative estimate of drug-likeness (QED) is 0.598. The van der Waals surface area contributed by atoms with Crippen LogP contribution in [0.4, 0.5) is 5.69 Å². The lowest BCUT2D eigenvalue weighted by Crippen LogP contribution is -2.34. The number of carbonyl (C=O) groups excluding carboxylic acids is 2. The van der Waals surface area contributed by atoms with Crippen molar-refractivity contribution in [3.05, 3.63) is 71.1 Å². The van der Waals surface area contributed by atoms with Crippen molar-refractivity contribution in [3.63, 3.8) is 0 Å². The molecule has 0 radical (unpaired) electrons. The van der Waals surface area contributed by atoms with E-state index in [-0.39, 0.29) is 12.5 Å². The number of nitrogens with zero attached hydrogens (tertiary/aromatic N) is 1. The molecule has 0 aliphatic carbocycles. The van der Waals surface area contributed by atoms with Gasteiger partial charge in [0.2, 0.25) is 0 Å². The molecule has 0 unspecified atom stereocenters. The molecule has 0 N–H and O–H groups in total. The summed E-state index contributed by atoms with van der Waals surface area (Å²) in [6.45, 7) is 2.52. The second-order valence-electron chi connectivity index (χ2n) is 6.30. The molecule has 142 valence electrons. The van der Waals surface area contributed by atoms with Crippen LogP contribution in [-0.4, -0.2) is 25.0 Å². The minimum atomic E-state index is -0.491. The summed E-state index contributed by atoms with van der Waals surface area (Å²) >= 11 is 1.37. The van der Waals surface area contributed by atoms with Crippen LogP contribution in [0.2, 0.25) is 0 Å². The summed E-state index contributed by atoms with van der Waals surface area (Å²) in [7, 11) is 0. The van der Waals surface area contributed by atoms with E-state index in [0.717, 1.165) is 27.4 Å². The number of esters is 1. The molecule has 1 aliphatic rings. The van der Waals surface area contributed by atoms with Crippen molar-refractivity contribution >= 4 is 28.9 Å². The molecule has 2 heterocycles. The lowest BCUT2D eigenvalue weighted by molar-refractivity contribution is -0.121. The number of thiophene rings is 1. The van der Waals surface area contributed by atoms with Gasteiger partial charge in [0.15, 0.2) is 6.61 Å². The number of fused-ring (bicyclic) bond motifs is 3. The number of anilines is 1. The molecule has 6 heteroatoms. The third-order valence-electron chi connectivity index (χ3n) is 4.54. The molecule has 0 bridgehead atoms. The Morgan fingerprint density at radius 1 is 1.11 bits per heavy atom. The summed E-state index contributed by atoms with van der Waals surface area (Å²) in [5, 5.41) is 0. The van der Waals surface area contributed by atoms with Crippen LogP contribution in [0, 0.1) is 0 Å². The summed E-state index contributed by atoms with van der Waals surface area (Å²) in [5.74, 6) is 0.0692. The third kappa shape index (κ3) is 3.51. The van der Waals surface area contributed by atoms with Crippen LogP contribution in [-0.2, 0) is 16.1 Å². The first kappa shape index (κ1) is 18.3. The second kappa shape index (κ2) is 7.86. The van der Waals surface area contributed by atoms with Crippen LogP contribution < -0.4 is 9.64 Å². The van der Waals surface area contributed by atoms with Gasteiger partial charge in [-0.1, -0.05) is 30.3 Å². The molecule has 0 fully saturated rings. The van der Waals surface area contributed by atoms with Gasteiger partial charge in [-0.15, -0.1) is 11.3 Å². The fourth-order valence-corrected chi connectivity index (χ4v) is 4.28. The molecule has 1 aromatic heterocycles. The van der Waals surface area contributed by atoms with E-state index in [4.69, 9.17) is 9.47 Å². The predicted octanol–water partition coefficient (Wildman–Crippen LogP) is 4.52. The van der Waals surface area contributed by atoms with Gasteiger partial charge in [0.05, 0.1) is 0 Å². The minimum Gasteiger partial charge on any atom is -0.488 e. The van der Waals surface area contributed by atoms with Crippen LogP contribution in [0.5, 0.6) is 5.75 Å². The average Bonchev–Trinajstić information content (AvgIpc) is 3.18. The monoisotopic (exact) mass is 393 g/mol. The zero-order valence-corrected chi connectivity index (χ0v) is 16.2. The van der Waals surface area contributed by atoms with Crippen molar-refractivity contribution in [2.24, 2.45) is 0 Å². The standard InChI is InChI=1S/C22H19NO4S/c1-2-23(16-8-4-3-5-9-16)20(24)14-27-22(25)19-12-15-13-26-18-11-7-6-10-17(18)21(15)28-19/h3-12H,2,13-14H2,1H3. The number of hydrogen-bond donors (Lipinski definition) is 0. The van der Waals surface area contributed by atoms with Crippen molar-refractivity contribution in [1.82, 2.24) is 0 Å². The molecule has 5 nitrogen and oxygen atoms in total. The van der Waals surface area contributed by atoms with Crippen molar-refractivity contribution in [2.75, 3.05) is 18.1 Å². The summed E-state index contributed by atoms with van der Waals surface area (Å²) in [5.41, 5.74) is 2.72. The maximum Gasteiger partial charge on any atom is 0.348 e. The first-order chi connectivity index (χ1) is 13.7. The molecular weight excluding hydrogens is 374 g/mol. The van der Waals surface area contributed by atoms with E-state index in [1.807, 2.05) is 61.5 Å². The number of para-hydroxylation sites is 2. The van der Waals surface area contributed by atoms with Gasteiger partial charge in [-0.05, 0) is 37.3 Å². The van der Waals surface area contributed by atoms with E-state index in [9.17, 15) is 9.59 Å². The van der Waals surface area contributed by atoms with E-state index < -0.39 is 5.97 Å². The second-order valence-corrected chi connectivity index (χ2v) is 7.35. The number of benzene rings is 2. The lowest BCUT2D eigenvalue weighted by atomic mass is 10.1. The van der Waals surface area contributed by atoms with E-state index in [0.29, 0.717) is 18.0 Å². The first-order valence-electron chi connectivity index (χ1n) is 9.05. The van der Waals surface area contributed by atoms with Crippen molar-refractivity contribution in [3.8, 4) is 16.2 Å². The van der Waals surface area contributed by atoms with Crippen LogP contribution in [0.1, 0.15) is 22.2 Å². The van der Waals surface area contributed by atoms with Crippen LogP contribution >= 0.6 is 11.3 Å². The predicted molar refractivity (Wildman–Crippen MR) is 109 cm³/mol. The summed E-state index contributed by atoms with van der Waals surface area (Å²) in [6.07, 6.45) is 0. The smallest absolute Gasteiger partial charge is 0.348 e. The molecule has 0 saturated heterocycles. The molecule has 2 aromatic carbocycles. The van der Waals surface area contributed by atoms with Gasteiger partial charge in [0.1, 0.15) is 17.2 Å². The molecule has 0 saturated carbocycles. The Balaban J connectivity index is 1.45. The SMILES string of the molecule is CCN(C(=O)COC(=O)c1cc2c(s1)-c1ccccc1OC2)c1ccccc1. The Kier molecular flexibility index (Phi) is 5.12. The van der Waals surface area contributed by atoms with E-state index in [1.54, 1.807) is 11.0 Å². The van der Waals surface area contributed by atoms with Gasteiger partial charge in [-0.3, -0.25) is 4.79 Å². The van der Waals surface area contributed by atoms with E-state index in [1.165, 1.54) is 11.3 Å². The summed E-state index contributed by atoms with van der Waals surface area (Å²) in [4.78, 5) is 28.1. The Morgan fingerprint density at radius 3 is 2.64 bits per heavy atom. The highest BCUT2D eigenvalue weighted by Crippen LogP contribution is 2.42. The van der Waals surface area contributed by atoms with Gasteiger partial charge < -0.3 is 14.4 Å². The maximum absolute atomic E-state index is 12.5. The number of hydrogen-bond acceptors (Lipinski definition) is 5. The number of rotatable bonds is 5. The Bertz CT molecular complexity index is 1010. The largest absolute Gasteiger partial charge is 0.488 e. The highest BCUT2D eigenvalue weighted by Gasteiger charge is 2.24. The van der Waals surface area contributed by atoms with E-state index in [2.05, 4.69) is 0 Å². The fourth-order valence-electron chi connectivity index (χ4n) is 3.19. The molecule has 1 aliphatic heterocycles. The summed E-state index contributed by atoms with van der Waals surface area (Å²) < 4.78 is 11.0. The summed E-state index contributed by atoms with van der Waals surface area (Å²) in [6, 6.07) is 18.9. The molecular formula is C22H19NO4S. The average molecular weight is 393 g/mol. The molecule has 0 atom stereocenters. The molecule has 1 amide bonds. The lowest BCUT2D eigenvalue weighted by Gasteiger charge is -2.20. The minimum absolute atomic E-state index is 0.253. The number of amides is 1. The van der Waals surface area contributed by atoms with Gasteiger partial charge >= 0.3 is 5.97 Å². The molecule has 0 spiro atoms. The maximum atomic E-state index is 12.5. The van der Waals surface area contributed by atoms with E-state index >= 15 is 0 Å². The first-order valence-corrected chi connectivity index (χ1v) is 9.86. The van der Waals surface area contributed by atoms with Crippen LogP contribution in [0.25, 0.3) is 10.4 Å². The van der Waals surface area contributed by atoms with Gasteiger partial charge in [0.25, 0.3) is 5.91 Å². The molecule has 28 heavy (non-hydrogen) atoms. The Morgan fingerprint density at radius 2 is 1.86 bits per heavy atom. The Hall–Kier alpha value is -3.12. The normalized spacial score (nSPS) is 11.8. The van der Waals surface area contributed by atoms with Gasteiger partial charge in [0, 0.05) is 28.2 Å². The topological polar surface area (TPSA) is 55.8 Å². The van der Waals surface area contributed by atoms with Crippen molar-refractivity contribution < 1.29 is 19.1 Å². The van der Waals surface area contributed by atoms with Crippen molar-refractivity contribution in [1.29, 1.82) is 0 Å².